The molecule has 1 aromatic heterocycles. The summed E-state index contributed by atoms with van der Waals surface area (Å²) < 4.78 is 0. The lowest BCUT2D eigenvalue weighted by Gasteiger charge is -2.11. The first-order chi connectivity index (χ1) is 8.59. The normalized spacial score (nSPS) is 10.6. The number of aromatic carboxylic acids is 1. The van der Waals surface area contributed by atoms with Crippen molar-refractivity contribution in [2.45, 2.75) is 19.8 Å². The number of carboxylic acids is 1. The highest BCUT2D eigenvalue weighted by molar-refractivity contribution is 5.89. The number of carbonyl (C=O) groups is 1. The van der Waals surface area contributed by atoms with Gasteiger partial charge in [0, 0.05) is 11.8 Å². The van der Waals surface area contributed by atoms with Crippen molar-refractivity contribution >= 4 is 5.97 Å². The number of carboxylic acid groups (broad SMARTS) is 1. The van der Waals surface area contributed by atoms with Crippen LogP contribution in [0, 0.1) is 0 Å². The molecular formula is C14H14N2O2. The van der Waals surface area contributed by atoms with Crippen molar-refractivity contribution in [2.24, 2.45) is 0 Å². The molecule has 0 aliphatic heterocycles. The summed E-state index contributed by atoms with van der Waals surface area (Å²) in [7, 11) is 0. The summed E-state index contributed by atoms with van der Waals surface area (Å²) >= 11 is 0. The maximum atomic E-state index is 11.0. The zero-order valence-corrected chi connectivity index (χ0v) is 10.3. The number of hydrogen-bond donors (Lipinski definition) is 1. The average Bonchev–Trinajstić information content (AvgIpc) is 2.39. The van der Waals surface area contributed by atoms with Gasteiger partial charge in [-0.1, -0.05) is 26.0 Å². The molecule has 1 N–H and O–H groups in total. The molecule has 0 atom stereocenters. The highest BCUT2D eigenvalue weighted by Gasteiger charge is 2.11. The van der Waals surface area contributed by atoms with Crippen molar-refractivity contribution < 1.29 is 9.90 Å². The molecule has 0 unspecified atom stereocenters. The van der Waals surface area contributed by atoms with Gasteiger partial charge in [0.05, 0.1) is 11.3 Å². The Morgan fingerprint density at radius 1 is 1.33 bits per heavy atom. The zero-order chi connectivity index (χ0) is 13.1. The molecule has 0 spiro atoms. The molecule has 4 nitrogen and oxygen atoms in total. The third-order valence-corrected chi connectivity index (χ3v) is 2.75. The largest absolute Gasteiger partial charge is 0.478 e. The van der Waals surface area contributed by atoms with Crippen LogP contribution in [0.3, 0.4) is 0 Å². The second-order valence-electron chi connectivity index (χ2n) is 4.37. The Kier molecular flexibility index (Phi) is 3.37. The Balaban J connectivity index is 2.55. The molecule has 0 saturated heterocycles. The van der Waals surface area contributed by atoms with Gasteiger partial charge in [-0.25, -0.2) is 14.8 Å². The van der Waals surface area contributed by atoms with E-state index in [9.17, 15) is 4.79 Å². The van der Waals surface area contributed by atoms with Crippen molar-refractivity contribution in [1.82, 2.24) is 9.97 Å². The number of hydrogen-bond acceptors (Lipinski definition) is 3. The third kappa shape index (κ3) is 2.37. The van der Waals surface area contributed by atoms with E-state index in [4.69, 9.17) is 5.11 Å². The predicted molar refractivity (Wildman–Crippen MR) is 68.5 cm³/mol. The van der Waals surface area contributed by atoms with Crippen LogP contribution < -0.4 is 0 Å². The van der Waals surface area contributed by atoms with E-state index >= 15 is 0 Å². The average molecular weight is 242 g/mol. The van der Waals surface area contributed by atoms with Crippen LogP contribution in [0.15, 0.2) is 36.8 Å². The minimum absolute atomic E-state index is 0.265. The van der Waals surface area contributed by atoms with E-state index in [-0.39, 0.29) is 11.5 Å². The first-order valence-electron chi connectivity index (χ1n) is 5.73. The summed E-state index contributed by atoms with van der Waals surface area (Å²) in [5.41, 5.74) is 2.88. The minimum atomic E-state index is -0.933. The fraction of sp³-hybridized carbons (Fsp3) is 0.214. The summed E-state index contributed by atoms with van der Waals surface area (Å²) in [6.07, 6.45) is 3.26. The fourth-order valence-electron chi connectivity index (χ4n) is 1.80. The summed E-state index contributed by atoms with van der Waals surface area (Å²) in [6, 6.07) is 6.80. The van der Waals surface area contributed by atoms with Crippen LogP contribution >= 0.6 is 0 Å². The molecule has 1 aromatic carbocycles. The molecule has 0 aliphatic carbocycles. The van der Waals surface area contributed by atoms with Crippen LogP contribution in [0.4, 0.5) is 0 Å². The molecule has 2 rings (SSSR count). The molecule has 0 fully saturated rings. The number of nitrogens with zero attached hydrogens (tertiary/aromatic N) is 2. The van der Waals surface area contributed by atoms with Gasteiger partial charge in [-0.05, 0) is 23.6 Å². The summed E-state index contributed by atoms with van der Waals surface area (Å²) in [6.45, 7) is 4.12. The van der Waals surface area contributed by atoms with Crippen molar-refractivity contribution in [1.29, 1.82) is 0 Å². The van der Waals surface area contributed by atoms with Gasteiger partial charge in [-0.15, -0.1) is 0 Å². The van der Waals surface area contributed by atoms with E-state index in [1.807, 2.05) is 6.07 Å². The second-order valence-corrected chi connectivity index (χ2v) is 4.37. The van der Waals surface area contributed by atoms with Crippen molar-refractivity contribution in [3.63, 3.8) is 0 Å². The van der Waals surface area contributed by atoms with Crippen LogP contribution in [0.25, 0.3) is 11.3 Å². The predicted octanol–water partition coefficient (Wildman–Crippen LogP) is 2.97. The van der Waals surface area contributed by atoms with Crippen LogP contribution in [-0.4, -0.2) is 21.0 Å². The van der Waals surface area contributed by atoms with Gasteiger partial charge in [-0.3, -0.25) is 0 Å². The molecule has 0 radical (unpaired) electrons. The quantitative estimate of drug-likeness (QED) is 0.898. The first kappa shape index (κ1) is 12.2. The van der Waals surface area contributed by atoms with Crippen molar-refractivity contribution in [2.75, 3.05) is 0 Å². The van der Waals surface area contributed by atoms with E-state index in [2.05, 4.69) is 23.8 Å². The Morgan fingerprint density at radius 2 is 2.11 bits per heavy atom. The molecule has 92 valence electrons. The van der Waals surface area contributed by atoms with Crippen molar-refractivity contribution in [3.8, 4) is 11.3 Å². The van der Waals surface area contributed by atoms with E-state index in [0.29, 0.717) is 0 Å². The standard InChI is InChI=1S/C14H14N2O2/c1-9(2)12-7-15-8-16-13(12)10-4-3-5-11(6-10)14(17)18/h3-9H,1-2H3,(H,17,18). The molecule has 0 saturated carbocycles. The molecule has 2 aromatic rings. The lowest BCUT2D eigenvalue weighted by Crippen LogP contribution is -1.99. The minimum Gasteiger partial charge on any atom is -0.478 e. The van der Waals surface area contributed by atoms with Gasteiger partial charge >= 0.3 is 5.97 Å². The SMILES string of the molecule is CC(C)c1cncnc1-c1cccc(C(=O)O)c1. The third-order valence-electron chi connectivity index (χ3n) is 2.75. The van der Waals surface area contributed by atoms with Crippen LogP contribution in [0.2, 0.25) is 0 Å². The van der Waals surface area contributed by atoms with Crippen LogP contribution in [-0.2, 0) is 0 Å². The van der Waals surface area contributed by atoms with Gasteiger partial charge in [-0.2, -0.15) is 0 Å². The highest BCUT2D eigenvalue weighted by Crippen LogP contribution is 2.26. The van der Waals surface area contributed by atoms with E-state index in [1.54, 1.807) is 24.4 Å². The molecule has 0 aliphatic rings. The molecular weight excluding hydrogens is 228 g/mol. The van der Waals surface area contributed by atoms with E-state index in [0.717, 1.165) is 16.8 Å². The maximum Gasteiger partial charge on any atom is 0.335 e. The van der Waals surface area contributed by atoms with E-state index in [1.165, 1.54) is 6.33 Å². The second kappa shape index (κ2) is 4.96. The molecule has 0 bridgehead atoms. The fourth-order valence-corrected chi connectivity index (χ4v) is 1.80. The summed E-state index contributed by atoms with van der Waals surface area (Å²) in [4.78, 5) is 19.3. The monoisotopic (exact) mass is 242 g/mol. The van der Waals surface area contributed by atoms with Gasteiger partial charge in [0.2, 0.25) is 0 Å². The first-order valence-corrected chi connectivity index (χ1v) is 5.73. The zero-order valence-electron chi connectivity index (χ0n) is 10.3. The Labute approximate surface area is 105 Å². The van der Waals surface area contributed by atoms with Gasteiger partial charge in [0.1, 0.15) is 6.33 Å². The van der Waals surface area contributed by atoms with Gasteiger partial charge in [0.25, 0.3) is 0 Å². The lowest BCUT2D eigenvalue weighted by atomic mass is 9.98. The Morgan fingerprint density at radius 3 is 2.78 bits per heavy atom. The smallest absolute Gasteiger partial charge is 0.335 e. The van der Waals surface area contributed by atoms with Gasteiger partial charge in [0.15, 0.2) is 0 Å². The molecule has 1 heterocycles. The van der Waals surface area contributed by atoms with Crippen molar-refractivity contribution in [3.05, 3.63) is 47.9 Å². The van der Waals surface area contributed by atoms with Crippen LogP contribution in [0.1, 0.15) is 35.7 Å². The topological polar surface area (TPSA) is 63.1 Å². The molecule has 0 amide bonds. The summed E-state index contributed by atoms with van der Waals surface area (Å²) in [5, 5.41) is 9.00. The van der Waals surface area contributed by atoms with E-state index < -0.39 is 5.97 Å². The highest BCUT2D eigenvalue weighted by atomic mass is 16.4. The van der Waals surface area contributed by atoms with Gasteiger partial charge < -0.3 is 5.11 Å². The molecule has 18 heavy (non-hydrogen) atoms. The maximum absolute atomic E-state index is 11.0. The number of benzene rings is 1. The summed E-state index contributed by atoms with van der Waals surface area (Å²) in [5.74, 6) is -0.647. The number of rotatable bonds is 3. The molecule has 4 heteroatoms. The van der Waals surface area contributed by atoms with Crippen LogP contribution in [0.5, 0.6) is 0 Å². The Hall–Kier alpha value is -2.23. The lowest BCUT2D eigenvalue weighted by molar-refractivity contribution is 0.0697. The number of aromatic nitrogens is 2. The Bertz CT molecular complexity index is 580.